The van der Waals surface area contributed by atoms with Gasteiger partial charge < -0.3 is 0 Å². The number of hydrogen-bond donors (Lipinski definition) is 0. The largest absolute Gasteiger partial charge is 0.294 e. The van der Waals surface area contributed by atoms with E-state index in [0.717, 1.165) is 6.26 Å². The molecule has 0 unspecified atom stereocenters. The van der Waals surface area contributed by atoms with Crippen LogP contribution in [0.5, 0.6) is 0 Å². The molecule has 0 aliphatic heterocycles. The Morgan fingerprint density at radius 3 is 1.70 bits per heavy atom. The van der Waals surface area contributed by atoms with Gasteiger partial charge >= 0.3 is 0 Å². The highest BCUT2D eigenvalue weighted by molar-refractivity contribution is 7.90. The second kappa shape index (κ2) is 5.86. The summed E-state index contributed by atoms with van der Waals surface area (Å²) in [6, 6.07) is 0. The molecule has 0 atom stereocenters. The normalized spacial score (nSPS) is 11.7. The van der Waals surface area contributed by atoms with Crippen molar-refractivity contribution in [1.82, 2.24) is 0 Å². The first kappa shape index (κ1) is 16.5. The molecule has 3 nitrogen and oxygen atoms in total. The number of Topliss-reactive ketones (excluding diaryl/α,β-unsaturated/α-hetero) is 1. The summed E-state index contributed by atoms with van der Waals surface area (Å²) >= 11 is 0. The van der Waals surface area contributed by atoms with Crippen LogP contribution in [0.4, 0.5) is 22.0 Å². The van der Waals surface area contributed by atoms with Gasteiger partial charge in [-0.3, -0.25) is 4.79 Å². The van der Waals surface area contributed by atoms with Crippen LogP contribution in [-0.4, -0.2) is 26.2 Å². The number of benzene rings is 1. The Morgan fingerprint density at radius 2 is 1.30 bits per heavy atom. The standard InChI is InChI=1S/C11H9F5O3S/c1-20(18,19)4-2-3-5(17)6-7(12)9(14)11(16)10(15)8(6)13/h2-4H2,1H3. The fourth-order valence-electron chi connectivity index (χ4n) is 1.47. The van der Waals surface area contributed by atoms with E-state index in [-0.39, 0.29) is 6.42 Å². The highest BCUT2D eigenvalue weighted by Crippen LogP contribution is 2.24. The Labute approximate surface area is 111 Å². The average Bonchev–Trinajstić information content (AvgIpc) is 2.32. The van der Waals surface area contributed by atoms with E-state index in [2.05, 4.69) is 0 Å². The molecular weight excluding hydrogens is 307 g/mol. The minimum atomic E-state index is -3.39. The first-order chi connectivity index (χ1) is 9.06. The molecule has 1 aromatic rings. The van der Waals surface area contributed by atoms with Gasteiger partial charge in [-0.25, -0.2) is 30.4 Å². The number of rotatable bonds is 5. The molecule has 0 amide bonds. The summed E-state index contributed by atoms with van der Waals surface area (Å²) in [5.74, 6) is -13.0. The van der Waals surface area contributed by atoms with Crippen LogP contribution in [0.1, 0.15) is 23.2 Å². The SMILES string of the molecule is CS(=O)(=O)CCCC(=O)c1c(F)c(F)c(F)c(F)c1F. The van der Waals surface area contributed by atoms with Gasteiger partial charge in [0.2, 0.25) is 5.82 Å². The summed E-state index contributed by atoms with van der Waals surface area (Å²) in [6.07, 6.45) is -0.0432. The highest BCUT2D eigenvalue weighted by atomic mass is 32.2. The lowest BCUT2D eigenvalue weighted by molar-refractivity contribution is 0.0970. The van der Waals surface area contributed by atoms with E-state index < -0.39 is 62.4 Å². The number of hydrogen-bond acceptors (Lipinski definition) is 3. The molecule has 0 radical (unpaired) electrons. The zero-order valence-corrected chi connectivity index (χ0v) is 11.0. The van der Waals surface area contributed by atoms with E-state index in [0.29, 0.717) is 0 Å². The average molecular weight is 316 g/mol. The van der Waals surface area contributed by atoms with Crippen molar-refractivity contribution in [3.63, 3.8) is 0 Å². The highest BCUT2D eigenvalue weighted by Gasteiger charge is 2.29. The Bertz CT molecular complexity index is 626. The van der Waals surface area contributed by atoms with Crippen LogP contribution < -0.4 is 0 Å². The Kier molecular flexibility index (Phi) is 4.85. The van der Waals surface area contributed by atoms with E-state index in [1.54, 1.807) is 0 Å². The molecule has 1 aromatic carbocycles. The first-order valence-electron chi connectivity index (χ1n) is 5.28. The van der Waals surface area contributed by atoms with Crippen LogP contribution in [0.15, 0.2) is 0 Å². The van der Waals surface area contributed by atoms with Gasteiger partial charge in [-0.1, -0.05) is 0 Å². The van der Waals surface area contributed by atoms with Crippen LogP contribution in [0, 0.1) is 29.1 Å². The van der Waals surface area contributed by atoms with Gasteiger partial charge in [0, 0.05) is 12.7 Å². The predicted octanol–water partition coefficient (Wildman–Crippen LogP) is 2.39. The van der Waals surface area contributed by atoms with Crippen LogP contribution >= 0.6 is 0 Å². The molecule has 0 N–H and O–H groups in total. The number of carbonyl (C=O) groups excluding carboxylic acids is 1. The lowest BCUT2D eigenvalue weighted by Crippen LogP contribution is -2.14. The minimum Gasteiger partial charge on any atom is -0.294 e. The molecule has 20 heavy (non-hydrogen) atoms. The number of carbonyl (C=O) groups is 1. The fraction of sp³-hybridized carbons (Fsp3) is 0.364. The molecule has 0 saturated heterocycles. The van der Waals surface area contributed by atoms with Crippen molar-refractivity contribution < 1.29 is 35.2 Å². The van der Waals surface area contributed by atoms with Gasteiger partial charge in [-0.2, -0.15) is 0 Å². The number of ketones is 1. The van der Waals surface area contributed by atoms with Gasteiger partial charge in [0.1, 0.15) is 9.84 Å². The summed E-state index contributed by atoms with van der Waals surface area (Å²) in [5, 5.41) is 0. The van der Waals surface area contributed by atoms with Crippen LogP contribution in [0.3, 0.4) is 0 Å². The van der Waals surface area contributed by atoms with Crippen LogP contribution in [0.25, 0.3) is 0 Å². The van der Waals surface area contributed by atoms with Crippen molar-refractivity contribution in [2.45, 2.75) is 12.8 Å². The summed E-state index contributed by atoms with van der Waals surface area (Å²) in [6.45, 7) is 0. The molecule has 0 aliphatic rings. The Hall–Kier alpha value is -1.51. The van der Waals surface area contributed by atoms with Crippen molar-refractivity contribution >= 4 is 15.6 Å². The molecule has 0 spiro atoms. The second-order valence-corrected chi connectivity index (χ2v) is 6.36. The van der Waals surface area contributed by atoms with Crippen molar-refractivity contribution in [3.8, 4) is 0 Å². The Morgan fingerprint density at radius 1 is 0.900 bits per heavy atom. The van der Waals surface area contributed by atoms with E-state index >= 15 is 0 Å². The molecule has 0 saturated carbocycles. The maximum atomic E-state index is 13.3. The number of halogens is 5. The van der Waals surface area contributed by atoms with Gasteiger partial charge in [0.05, 0.1) is 11.3 Å². The zero-order chi connectivity index (χ0) is 15.7. The lowest BCUT2D eigenvalue weighted by atomic mass is 10.0. The lowest BCUT2D eigenvalue weighted by Gasteiger charge is -2.07. The van der Waals surface area contributed by atoms with Crippen molar-refractivity contribution in [2.24, 2.45) is 0 Å². The fourth-order valence-corrected chi connectivity index (χ4v) is 2.14. The molecule has 0 aliphatic carbocycles. The predicted molar refractivity (Wildman–Crippen MR) is 59.5 cm³/mol. The van der Waals surface area contributed by atoms with Crippen LogP contribution in [0.2, 0.25) is 0 Å². The van der Waals surface area contributed by atoms with Crippen molar-refractivity contribution in [3.05, 3.63) is 34.6 Å². The maximum absolute atomic E-state index is 13.3. The number of sulfone groups is 1. The van der Waals surface area contributed by atoms with Crippen LogP contribution in [-0.2, 0) is 9.84 Å². The molecule has 112 valence electrons. The second-order valence-electron chi connectivity index (χ2n) is 4.10. The third-order valence-electron chi connectivity index (χ3n) is 2.41. The van der Waals surface area contributed by atoms with E-state index in [4.69, 9.17) is 0 Å². The van der Waals surface area contributed by atoms with Gasteiger partial charge in [-0.05, 0) is 6.42 Å². The summed E-state index contributed by atoms with van der Waals surface area (Å²) in [4.78, 5) is 11.5. The monoisotopic (exact) mass is 316 g/mol. The summed E-state index contributed by atoms with van der Waals surface area (Å²) < 4.78 is 86.6. The van der Waals surface area contributed by atoms with Gasteiger partial charge in [0.15, 0.2) is 29.1 Å². The quantitative estimate of drug-likeness (QED) is 0.363. The topological polar surface area (TPSA) is 51.2 Å². The zero-order valence-electron chi connectivity index (χ0n) is 10.1. The molecule has 0 fully saturated rings. The van der Waals surface area contributed by atoms with Crippen molar-refractivity contribution in [1.29, 1.82) is 0 Å². The maximum Gasteiger partial charge on any atom is 0.200 e. The molecule has 0 heterocycles. The third kappa shape index (κ3) is 3.53. The van der Waals surface area contributed by atoms with Gasteiger partial charge in [0.25, 0.3) is 0 Å². The third-order valence-corrected chi connectivity index (χ3v) is 3.44. The van der Waals surface area contributed by atoms with E-state index in [1.165, 1.54) is 0 Å². The minimum absolute atomic E-state index is 0.281. The molecular formula is C11H9F5O3S. The molecule has 0 bridgehead atoms. The molecule has 9 heteroatoms. The van der Waals surface area contributed by atoms with Gasteiger partial charge in [-0.15, -0.1) is 0 Å². The smallest absolute Gasteiger partial charge is 0.200 e. The Balaban J connectivity index is 3.06. The summed E-state index contributed by atoms with van der Waals surface area (Å²) in [7, 11) is -3.39. The van der Waals surface area contributed by atoms with Crippen molar-refractivity contribution in [2.75, 3.05) is 12.0 Å². The molecule has 1 rings (SSSR count). The summed E-state index contributed by atoms with van der Waals surface area (Å²) in [5.41, 5.74) is -1.55. The van der Waals surface area contributed by atoms with E-state index in [9.17, 15) is 35.2 Å². The first-order valence-corrected chi connectivity index (χ1v) is 7.34. The van der Waals surface area contributed by atoms with E-state index in [1.807, 2.05) is 0 Å². The molecule has 0 aromatic heterocycles.